The normalized spacial score (nSPS) is 10.9. The molecule has 7 heteroatoms. The van der Waals surface area contributed by atoms with Crippen molar-refractivity contribution in [3.63, 3.8) is 0 Å². The van der Waals surface area contributed by atoms with Gasteiger partial charge in [-0.05, 0) is 42.8 Å². The molecule has 0 spiro atoms. The van der Waals surface area contributed by atoms with E-state index in [0.29, 0.717) is 5.69 Å². The number of halogens is 1. The minimum atomic E-state index is -3.93. The highest BCUT2D eigenvalue weighted by molar-refractivity contribution is 7.92. The molecule has 108 valence electrons. The highest BCUT2D eigenvalue weighted by atomic mass is 35.5. The third-order valence-corrected chi connectivity index (χ3v) is 4.65. The molecule has 0 saturated heterocycles. The second kappa shape index (κ2) is 5.64. The number of nitrogen functional groups attached to an aromatic ring is 1. The Labute approximate surface area is 128 Å². The monoisotopic (exact) mass is 321 g/mol. The molecular weight excluding hydrogens is 310 g/mol. The predicted octanol–water partition coefficient (Wildman–Crippen LogP) is 2.90. The van der Waals surface area contributed by atoms with E-state index < -0.39 is 10.0 Å². The summed E-state index contributed by atoms with van der Waals surface area (Å²) in [6, 6.07) is 10.9. The topological polar surface area (TPSA) is 96.0 Å². The van der Waals surface area contributed by atoms with Crippen LogP contribution in [0.1, 0.15) is 11.1 Å². The molecule has 0 heterocycles. The summed E-state index contributed by atoms with van der Waals surface area (Å²) in [7, 11) is -3.93. The zero-order valence-corrected chi connectivity index (χ0v) is 12.7. The predicted molar refractivity (Wildman–Crippen MR) is 82.6 cm³/mol. The lowest BCUT2D eigenvalue weighted by Gasteiger charge is -2.12. The Morgan fingerprint density at radius 2 is 1.95 bits per heavy atom. The Balaban J connectivity index is 2.46. The van der Waals surface area contributed by atoms with E-state index in [9.17, 15) is 8.42 Å². The number of nitrogens with zero attached hydrogens (tertiary/aromatic N) is 1. The molecule has 5 nitrogen and oxygen atoms in total. The minimum Gasteiger partial charge on any atom is -0.397 e. The summed E-state index contributed by atoms with van der Waals surface area (Å²) < 4.78 is 27.1. The standard InChI is InChI=1S/C14H12ClN3O2S/c1-9-2-5-13(12(17)6-9)18-21(19,20)14-7-10(8-16)3-4-11(14)15/h2-7,18H,17H2,1H3. The van der Waals surface area contributed by atoms with Gasteiger partial charge in [-0.1, -0.05) is 17.7 Å². The van der Waals surface area contributed by atoms with Crippen LogP contribution in [0.15, 0.2) is 41.3 Å². The summed E-state index contributed by atoms with van der Waals surface area (Å²) >= 11 is 5.91. The third kappa shape index (κ3) is 3.27. The fourth-order valence-corrected chi connectivity index (χ4v) is 3.37. The maximum atomic E-state index is 12.4. The zero-order chi connectivity index (χ0) is 15.6. The molecular formula is C14H12ClN3O2S. The highest BCUT2D eigenvalue weighted by Gasteiger charge is 2.19. The lowest BCUT2D eigenvalue weighted by Crippen LogP contribution is -2.15. The summed E-state index contributed by atoms with van der Waals surface area (Å²) in [5.74, 6) is 0. The van der Waals surface area contributed by atoms with E-state index in [4.69, 9.17) is 22.6 Å². The van der Waals surface area contributed by atoms with E-state index >= 15 is 0 Å². The van der Waals surface area contributed by atoms with Gasteiger partial charge in [-0.25, -0.2) is 8.42 Å². The average Bonchev–Trinajstić information content (AvgIpc) is 2.42. The Morgan fingerprint density at radius 1 is 1.24 bits per heavy atom. The summed E-state index contributed by atoms with van der Waals surface area (Å²) in [5.41, 5.74) is 7.48. The van der Waals surface area contributed by atoms with Gasteiger partial charge in [0.1, 0.15) is 4.90 Å². The SMILES string of the molecule is Cc1ccc(NS(=O)(=O)c2cc(C#N)ccc2Cl)c(N)c1. The average molecular weight is 322 g/mol. The fraction of sp³-hybridized carbons (Fsp3) is 0.0714. The molecule has 0 aliphatic carbocycles. The van der Waals surface area contributed by atoms with Crippen molar-refractivity contribution >= 4 is 33.0 Å². The smallest absolute Gasteiger partial charge is 0.263 e. The molecule has 0 fully saturated rings. The lowest BCUT2D eigenvalue weighted by atomic mass is 10.2. The van der Waals surface area contributed by atoms with Crippen molar-refractivity contribution in [1.29, 1.82) is 5.26 Å². The van der Waals surface area contributed by atoms with Crippen molar-refractivity contribution in [1.82, 2.24) is 0 Å². The molecule has 0 unspecified atom stereocenters. The van der Waals surface area contributed by atoms with Crippen molar-refractivity contribution in [3.8, 4) is 6.07 Å². The summed E-state index contributed by atoms with van der Waals surface area (Å²) in [6.07, 6.45) is 0. The number of benzene rings is 2. The summed E-state index contributed by atoms with van der Waals surface area (Å²) in [5, 5.41) is 8.89. The Bertz CT molecular complexity index is 842. The van der Waals surface area contributed by atoms with Crippen LogP contribution < -0.4 is 10.5 Å². The van der Waals surface area contributed by atoms with Gasteiger partial charge in [0.25, 0.3) is 10.0 Å². The van der Waals surface area contributed by atoms with Gasteiger partial charge in [0.15, 0.2) is 0 Å². The molecule has 0 radical (unpaired) electrons. The van der Waals surface area contributed by atoms with E-state index in [1.807, 2.05) is 13.0 Å². The number of rotatable bonds is 3. The van der Waals surface area contributed by atoms with Crippen molar-refractivity contribution in [3.05, 3.63) is 52.5 Å². The summed E-state index contributed by atoms with van der Waals surface area (Å²) in [6.45, 7) is 1.85. The maximum Gasteiger partial charge on any atom is 0.263 e. The van der Waals surface area contributed by atoms with Crippen LogP contribution >= 0.6 is 11.6 Å². The Morgan fingerprint density at radius 3 is 2.57 bits per heavy atom. The lowest BCUT2D eigenvalue weighted by molar-refractivity contribution is 0.601. The number of hydrogen-bond acceptors (Lipinski definition) is 4. The zero-order valence-electron chi connectivity index (χ0n) is 11.1. The molecule has 0 aliphatic rings. The molecule has 2 aromatic carbocycles. The highest BCUT2D eigenvalue weighted by Crippen LogP contribution is 2.27. The van der Waals surface area contributed by atoms with E-state index in [1.54, 1.807) is 18.2 Å². The van der Waals surface area contributed by atoms with Crippen molar-refractivity contribution in [2.75, 3.05) is 10.5 Å². The van der Waals surface area contributed by atoms with Crippen molar-refractivity contribution < 1.29 is 8.42 Å². The second-order valence-corrected chi connectivity index (χ2v) is 6.51. The minimum absolute atomic E-state index is 0.0344. The van der Waals surface area contributed by atoms with Crippen LogP contribution in [0.4, 0.5) is 11.4 Å². The van der Waals surface area contributed by atoms with Crippen LogP contribution in [0.5, 0.6) is 0 Å². The first kappa shape index (κ1) is 15.2. The third-order valence-electron chi connectivity index (χ3n) is 2.80. The first-order valence-corrected chi connectivity index (χ1v) is 7.78. The molecule has 21 heavy (non-hydrogen) atoms. The molecule has 0 amide bonds. The fourth-order valence-electron chi connectivity index (χ4n) is 1.75. The van der Waals surface area contributed by atoms with Gasteiger partial charge in [-0.15, -0.1) is 0 Å². The molecule has 0 aliphatic heterocycles. The number of aryl methyl sites for hydroxylation is 1. The summed E-state index contributed by atoms with van der Waals surface area (Å²) in [4.78, 5) is -0.164. The number of nitrogens with one attached hydrogen (secondary N) is 1. The molecule has 0 saturated carbocycles. The maximum absolute atomic E-state index is 12.4. The second-order valence-electron chi connectivity index (χ2n) is 4.45. The van der Waals surface area contributed by atoms with Gasteiger partial charge in [0.05, 0.1) is 28.0 Å². The van der Waals surface area contributed by atoms with Gasteiger partial charge in [0.2, 0.25) is 0 Å². The molecule has 0 atom stereocenters. The molecule has 3 N–H and O–H groups in total. The Hall–Kier alpha value is -2.23. The van der Waals surface area contributed by atoms with Crippen LogP contribution in [0.3, 0.4) is 0 Å². The molecule has 0 aromatic heterocycles. The van der Waals surface area contributed by atoms with Gasteiger partial charge in [-0.2, -0.15) is 5.26 Å². The van der Waals surface area contributed by atoms with Gasteiger partial charge in [0, 0.05) is 0 Å². The van der Waals surface area contributed by atoms with E-state index in [-0.39, 0.29) is 21.2 Å². The molecule has 2 aromatic rings. The van der Waals surface area contributed by atoms with Gasteiger partial charge < -0.3 is 5.73 Å². The largest absolute Gasteiger partial charge is 0.397 e. The van der Waals surface area contributed by atoms with Crippen LogP contribution in [-0.4, -0.2) is 8.42 Å². The number of nitrogens with two attached hydrogens (primary N) is 1. The van der Waals surface area contributed by atoms with Crippen LogP contribution in [-0.2, 0) is 10.0 Å². The molecule has 0 bridgehead atoms. The molecule has 2 rings (SSSR count). The van der Waals surface area contributed by atoms with Crippen molar-refractivity contribution in [2.24, 2.45) is 0 Å². The first-order chi connectivity index (χ1) is 9.83. The number of hydrogen-bond donors (Lipinski definition) is 2. The van der Waals surface area contributed by atoms with Gasteiger partial charge in [-0.3, -0.25) is 4.72 Å². The van der Waals surface area contributed by atoms with E-state index in [2.05, 4.69) is 4.72 Å². The van der Waals surface area contributed by atoms with Gasteiger partial charge >= 0.3 is 0 Å². The number of nitriles is 1. The Kier molecular flexibility index (Phi) is 4.07. The number of anilines is 2. The van der Waals surface area contributed by atoms with Crippen LogP contribution in [0.25, 0.3) is 0 Å². The first-order valence-electron chi connectivity index (χ1n) is 5.92. The van der Waals surface area contributed by atoms with Crippen LogP contribution in [0, 0.1) is 18.3 Å². The van der Waals surface area contributed by atoms with E-state index in [0.717, 1.165) is 5.56 Å². The quantitative estimate of drug-likeness (QED) is 0.849. The van der Waals surface area contributed by atoms with E-state index in [1.165, 1.54) is 18.2 Å². The van der Waals surface area contributed by atoms with Crippen molar-refractivity contribution in [2.45, 2.75) is 11.8 Å². The van der Waals surface area contributed by atoms with Crippen LogP contribution in [0.2, 0.25) is 5.02 Å². The number of sulfonamides is 1.